The van der Waals surface area contributed by atoms with E-state index in [-0.39, 0.29) is 23.3 Å². The third-order valence-electron chi connectivity index (χ3n) is 3.39. The fraction of sp³-hybridized carbons (Fsp3) is 0.750. The molecule has 0 aromatic heterocycles. The van der Waals surface area contributed by atoms with Gasteiger partial charge in [0.05, 0.1) is 12.3 Å². The van der Waals surface area contributed by atoms with Crippen LogP contribution in [0.3, 0.4) is 0 Å². The van der Waals surface area contributed by atoms with Gasteiger partial charge < -0.3 is 9.64 Å². The van der Waals surface area contributed by atoms with Crippen molar-refractivity contribution in [3.63, 3.8) is 0 Å². The van der Waals surface area contributed by atoms with E-state index >= 15 is 0 Å². The van der Waals surface area contributed by atoms with Crippen LogP contribution in [-0.4, -0.2) is 36.6 Å². The molecular formula is C12H20ClN3OS. The lowest BCUT2D eigenvalue weighted by atomic mass is 10.1. The minimum absolute atomic E-state index is 0. The predicted octanol–water partition coefficient (Wildman–Crippen LogP) is 2.67. The zero-order valence-corrected chi connectivity index (χ0v) is 12.4. The Morgan fingerprint density at radius 2 is 1.94 bits per heavy atom. The monoisotopic (exact) mass is 289 g/mol. The smallest absolute Gasteiger partial charge is 0.184 e. The first-order valence-corrected chi connectivity index (χ1v) is 7.97. The highest BCUT2D eigenvalue weighted by molar-refractivity contribution is 7.85. The fourth-order valence-corrected chi connectivity index (χ4v) is 3.53. The Labute approximate surface area is 117 Å². The van der Waals surface area contributed by atoms with Gasteiger partial charge in [0.2, 0.25) is 0 Å². The summed E-state index contributed by atoms with van der Waals surface area (Å²) in [5.41, 5.74) is 1.15. The molecule has 1 unspecified atom stereocenters. The first-order chi connectivity index (χ1) is 8.34. The van der Waals surface area contributed by atoms with Gasteiger partial charge in [-0.2, -0.15) is 4.36 Å². The van der Waals surface area contributed by atoms with Gasteiger partial charge in [-0.1, -0.05) is 0 Å². The van der Waals surface area contributed by atoms with E-state index in [4.69, 9.17) is 9.10 Å². The lowest BCUT2D eigenvalue weighted by Gasteiger charge is -2.33. The van der Waals surface area contributed by atoms with Crippen LogP contribution >= 0.6 is 12.4 Å². The predicted molar refractivity (Wildman–Crippen MR) is 78.0 cm³/mol. The number of allylic oxidation sites excluding steroid dienone is 1. The second-order valence-electron chi connectivity index (χ2n) is 4.73. The number of nitrogens with zero attached hydrogens (tertiary/aromatic N) is 3. The maximum absolute atomic E-state index is 5.81. The van der Waals surface area contributed by atoms with E-state index < -0.39 is 0 Å². The van der Waals surface area contributed by atoms with E-state index in [1.165, 1.54) is 19.3 Å². The molecule has 0 bridgehead atoms. The molecule has 2 fully saturated rings. The van der Waals surface area contributed by atoms with Crippen molar-refractivity contribution >= 4 is 29.0 Å². The quantitative estimate of drug-likeness (QED) is 0.744. The van der Waals surface area contributed by atoms with Crippen LogP contribution in [-0.2, 0) is 15.6 Å². The topological polar surface area (TPSA) is 37.2 Å². The van der Waals surface area contributed by atoms with Crippen molar-refractivity contribution in [2.24, 2.45) is 8.76 Å². The van der Waals surface area contributed by atoms with Gasteiger partial charge in [-0.15, -0.1) is 12.4 Å². The summed E-state index contributed by atoms with van der Waals surface area (Å²) in [6.07, 6.45) is 8.12. The van der Waals surface area contributed by atoms with Crippen LogP contribution < -0.4 is 0 Å². The summed E-state index contributed by atoms with van der Waals surface area (Å²) in [5.74, 6) is 2.06. The number of rotatable bonds is 1. The number of piperidine rings is 1. The van der Waals surface area contributed by atoms with E-state index in [0.29, 0.717) is 0 Å². The molecule has 2 saturated heterocycles. The Morgan fingerprint density at radius 1 is 1.17 bits per heavy atom. The highest BCUT2D eigenvalue weighted by Gasteiger charge is 2.27. The van der Waals surface area contributed by atoms with E-state index in [1.807, 2.05) is 0 Å². The first kappa shape index (κ1) is 13.9. The van der Waals surface area contributed by atoms with Crippen molar-refractivity contribution in [3.05, 3.63) is 11.6 Å². The van der Waals surface area contributed by atoms with Crippen molar-refractivity contribution in [3.8, 4) is 0 Å². The average molecular weight is 290 g/mol. The molecule has 3 rings (SSSR count). The maximum Gasteiger partial charge on any atom is 0.184 e. The summed E-state index contributed by atoms with van der Waals surface area (Å²) >= 11 is 0. The molecule has 0 amide bonds. The average Bonchev–Trinajstić information content (AvgIpc) is 2.39. The third-order valence-corrected chi connectivity index (χ3v) is 4.31. The van der Waals surface area contributed by atoms with Crippen LogP contribution in [0.5, 0.6) is 0 Å². The molecule has 0 saturated carbocycles. The zero-order chi connectivity index (χ0) is 11.7. The minimum atomic E-state index is -0.207. The summed E-state index contributed by atoms with van der Waals surface area (Å²) in [5, 5.41) is 0. The van der Waals surface area contributed by atoms with E-state index in [0.717, 1.165) is 49.8 Å². The normalized spacial score (nSPS) is 27.5. The van der Waals surface area contributed by atoms with E-state index in [2.05, 4.69) is 15.6 Å². The van der Waals surface area contributed by atoms with Gasteiger partial charge in [-0.25, -0.2) is 4.40 Å². The lowest BCUT2D eigenvalue weighted by molar-refractivity contribution is 0.189. The van der Waals surface area contributed by atoms with Crippen molar-refractivity contribution in [1.29, 1.82) is 0 Å². The molecule has 3 aliphatic rings. The molecule has 3 heterocycles. The van der Waals surface area contributed by atoms with Gasteiger partial charge in [-0.05, 0) is 32.1 Å². The summed E-state index contributed by atoms with van der Waals surface area (Å²) < 4.78 is 15.1. The summed E-state index contributed by atoms with van der Waals surface area (Å²) in [4.78, 5) is 2.39. The fourth-order valence-electron chi connectivity index (χ4n) is 2.54. The molecule has 6 heteroatoms. The van der Waals surface area contributed by atoms with Crippen molar-refractivity contribution < 1.29 is 4.74 Å². The highest BCUT2D eigenvalue weighted by Crippen LogP contribution is 2.27. The van der Waals surface area contributed by atoms with Gasteiger partial charge in [0.1, 0.15) is 0 Å². The molecule has 3 aliphatic heterocycles. The van der Waals surface area contributed by atoms with Crippen LogP contribution in [0, 0.1) is 0 Å². The summed E-state index contributed by atoms with van der Waals surface area (Å²) in [6, 6.07) is 0. The van der Waals surface area contributed by atoms with Crippen molar-refractivity contribution in [1.82, 2.24) is 4.90 Å². The van der Waals surface area contributed by atoms with Crippen LogP contribution in [0.25, 0.3) is 0 Å². The summed E-state index contributed by atoms with van der Waals surface area (Å²) in [6.45, 7) is 3.06. The Hall–Kier alpha value is -0.550. The Bertz CT molecular complexity index is 414. The number of likely N-dealkylation sites (tertiary alicyclic amines) is 1. The van der Waals surface area contributed by atoms with Gasteiger partial charge in [0.15, 0.2) is 11.6 Å². The number of hydrogen-bond acceptors (Lipinski definition) is 4. The number of halogens is 1. The van der Waals surface area contributed by atoms with E-state index in [1.54, 1.807) is 0 Å². The van der Waals surface area contributed by atoms with Crippen LogP contribution in [0.4, 0.5) is 0 Å². The molecule has 0 spiro atoms. The molecule has 102 valence electrons. The third kappa shape index (κ3) is 2.72. The van der Waals surface area contributed by atoms with Gasteiger partial charge >= 0.3 is 0 Å². The van der Waals surface area contributed by atoms with Crippen LogP contribution in [0.1, 0.15) is 32.1 Å². The molecule has 0 radical (unpaired) electrons. The van der Waals surface area contributed by atoms with Gasteiger partial charge in [0.25, 0.3) is 0 Å². The molecule has 1 atom stereocenters. The largest absolute Gasteiger partial charge is 0.488 e. The Balaban J connectivity index is 0.00000120. The highest BCUT2D eigenvalue weighted by atomic mass is 35.5. The number of hydrogen-bond donors (Lipinski definition) is 0. The van der Waals surface area contributed by atoms with Crippen LogP contribution in [0.2, 0.25) is 0 Å². The molecule has 0 N–H and O–H groups in total. The molecule has 18 heavy (non-hydrogen) atoms. The zero-order valence-electron chi connectivity index (χ0n) is 10.7. The Morgan fingerprint density at radius 3 is 2.72 bits per heavy atom. The number of fused-ring (bicyclic) bond motifs is 1. The lowest BCUT2D eigenvalue weighted by Crippen LogP contribution is -2.33. The van der Waals surface area contributed by atoms with Gasteiger partial charge in [0, 0.05) is 30.2 Å². The molecule has 0 aliphatic carbocycles. The SMILES string of the molecule is CS1=NC(N2CCCCC2)=C2OCCCC2=N1.Cl. The Kier molecular flexibility index (Phi) is 4.67. The van der Waals surface area contributed by atoms with Crippen molar-refractivity contribution in [2.75, 3.05) is 26.0 Å². The first-order valence-electron chi connectivity index (χ1n) is 6.42. The second kappa shape index (κ2) is 6.06. The van der Waals surface area contributed by atoms with Crippen LogP contribution in [0.15, 0.2) is 20.3 Å². The second-order valence-corrected chi connectivity index (χ2v) is 5.99. The molecular weight excluding hydrogens is 270 g/mol. The number of ether oxygens (including phenoxy) is 1. The standard InChI is InChI=1S/C12H19N3OS.ClH/c1-17-13-10-6-5-9-16-11(10)12(14-17)15-7-3-2-4-8-15;/h2-9H2,1H3;1H. The van der Waals surface area contributed by atoms with Gasteiger partial charge in [-0.3, -0.25) is 0 Å². The molecule has 4 nitrogen and oxygen atoms in total. The molecule has 0 aromatic carbocycles. The summed E-state index contributed by atoms with van der Waals surface area (Å²) in [7, 11) is -0.207. The van der Waals surface area contributed by atoms with E-state index in [9.17, 15) is 0 Å². The molecule has 0 aromatic rings. The minimum Gasteiger partial charge on any atom is -0.488 e. The van der Waals surface area contributed by atoms with Crippen molar-refractivity contribution in [2.45, 2.75) is 32.1 Å². The maximum atomic E-state index is 5.81.